The molecule has 2 N–H and O–H groups in total. The summed E-state index contributed by atoms with van der Waals surface area (Å²) < 4.78 is 2.02. The van der Waals surface area contributed by atoms with Crippen LogP contribution < -0.4 is 0 Å². The van der Waals surface area contributed by atoms with E-state index in [1.807, 2.05) is 42.8 Å². The van der Waals surface area contributed by atoms with Crippen LogP contribution in [0.25, 0.3) is 21.8 Å². The molecule has 0 bridgehead atoms. The minimum Gasteiger partial charge on any atom is -0.364 e. The molecule has 0 aliphatic heterocycles. The van der Waals surface area contributed by atoms with Crippen LogP contribution in [0.15, 0.2) is 54.2 Å². The second-order valence-electron chi connectivity index (χ2n) is 6.04. The van der Waals surface area contributed by atoms with E-state index in [2.05, 4.69) is 4.85 Å². The van der Waals surface area contributed by atoms with Gasteiger partial charge in [-0.3, -0.25) is 0 Å². The number of para-hydroxylation sites is 1. The van der Waals surface area contributed by atoms with Crippen molar-refractivity contribution in [1.29, 1.82) is 0 Å². The summed E-state index contributed by atoms with van der Waals surface area (Å²) >= 11 is 0. The van der Waals surface area contributed by atoms with Gasteiger partial charge in [-0.25, -0.2) is 4.85 Å². The lowest BCUT2D eigenvalue weighted by atomic mass is 10.0. The molecule has 0 fully saturated rings. The van der Waals surface area contributed by atoms with Crippen molar-refractivity contribution in [1.82, 2.24) is 4.57 Å². The van der Waals surface area contributed by atoms with E-state index in [0.29, 0.717) is 0 Å². The molecule has 0 amide bonds. The molecule has 0 aliphatic carbocycles. The Morgan fingerprint density at radius 1 is 1.19 bits per heavy atom. The van der Waals surface area contributed by atoms with Gasteiger partial charge in [-0.2, -0.15) is 0 Å². The number of aliphatic hydroxyl groups is 2. The van der Waals surface area contributed by atoms with E-state index in [1.54, 1.807) is 18.2 Å². The Kier molecular flexibility index (Phi) is 4.72. The highest BCUT2D eigenvalue weighted by Crippen LogP contribution is 2.28. The maximum Gasteiger partial charge on any atom is 0.234 e. The molecular formula is C21H18N2O3. The van der Waals surface area contributed by atoms with Gasteiger partial charge in [-0.1, -0.05) is 36.4 Å². The summed E-state index contributed by atoms with van der Waals surface area (Å²) in [5.74, 6) is -0.449. The lowest BCUT2D eigenvalue weighted by molar-refractivity contribution is -0.0425. The van der Waals surface area contributed by atoms with Crippen LogP contribution in [0, 0.1) is 13.5 Å². The Morgan fingerprint density at radius 3 is 2.62 bits per heavy atom. The van der Waals surface area contributed by atoms with Gasteiger partial charge in [-0.05, 0) is 30.7 Å². The molecule has 2 aromatic carbocycles. The zero-order chi connectivity index (χ0) is 18.8. The minimum atomic E-state index is -1.66. The third kappa shape index (κ3) is 3.04. The summed E-state index contributed by atoms with van der Waals surface area (Å²) in [6.45, 7) is 9.39. The first-order chi connectivity index (χ1) is 12.4. The largest absolute Gasteiger partial charge is 0.364 e. The lowest BCUT2D eigenvalue weighted by Crippen LogP contribution is -2.03. The summed E-state index contributed by atoms with van der Waals surface area (Å²) in [7, 11) is 1.94. The lowest BCUT2D eigenvalue weighted by Gasteiger charge is -2.06. The van der Waals surface area contributed by atoms with Crippen molar-refractivity contribution < 1.29 is 15.0 Å². The van der Waals surface area contributed by atoms with Crippen LogP contribution in [0.4, 0.5) is 0 Å². The first-order valence-electron chi connectivity index (χ1n) is 8.08. The number of aryl methyl sites for hydroxylation is 1. The van der Waals surface area contributed by atoms with Crippen LogP contribution in [0.1, 0.15) is 33.5 Å². The zero-order valence-corrected chi connectivity index (χ0v) is 14.5. The number of aromatic nitrogens is 1. The molecule has 0 spiro atoms. The van der Waals surface area contributed by atoms with Gasteiger partial charge in [0.15, 0.2) is 12.1 Å². The molecule has 1 heterocycles. The topological polar surface area (TPSA) is 66.8 Å². The Labute approximate surface area is 151 Å². The van der Waals surface area contributed by atoms with E-state index in [4.69, 9.17) is 6.57 Å². The van der Waals surface area contributed by atoms with Gasteiger partial charge < -0.3 is 19.6 Å². The Balaban J connectivity index is 2.10. The number of allylic oxidation sites excluding steroid dienone is 1. The average Bonchev–Trinajstić information content (AvgIpc) is 2.90. The van der Waals surface area contributed by atoms with Gasteiger partial charge in [0.05, 0.1) is 6.57 Å². The Bertz CT molecular complexity index is 1070. The summed E-state index contributed by atoms with van der Waals surface area (Å²) in [6, 6.07) is 13.8. The average molecular weight is 346 g/mol. The number of carbonyl (C=O) groups excluding carboxylic acids is 1. The first kappa shape index (κ1) is 17.6. The van der Waals surface area contributed by atoms with Crippen LogP contribution in [0.2, 0.25) is 0 Å². The van der Waals surface area contributed by atoms with Gasteiger partial charge in [0.25, 0.3) is 0 Å². The third-order valence-electron chi connectivity index (χ3n) is 4.53. The number of rotatable bonds is 4. The van der Waals surface area contributed by atoms with Crippen molar-refractivity contribution in [3.8, 4) is 0 Å². The molecule has 3 rings (SSSR count). The number of nitrogens with zero attached hydrogens (tertiary/aromatic N) is 2. The predicted octanol–water partition coefficient (Wildman–Crippen LogP) is 3.61. The normalized spacial score (nSPS) is 11.8. The monoisotopic (exact) mass is 346 g/mol. The number of benzene rings is 2. The SMILES string of the molecule is [C-]#[N+]/C(=C/c1c(C)n(C)c2ccccc12)C(=O)c1cccc(C(O)O)c1. The number of ketones is 1. The Hall–Kier alpha value is -3.20. The van der Waals surface area contributed by atoms with E-state index in [1.165, 1.54) is 12.1 Å². The number of aliphatic hydroxyl groups excluding tert-OH is 1. The standard InChI is InChI=1S/C21H18N2O3/c1-13-17(16-9-4-5-10-19(16)23(13)3)12-18(22-2)20(24)14-7-6-8-15(11-14)21(25)26/h4-12,21,25-26H,1,3H3/b18-12+. The maximum atomic E-state index is 12.8. The molecule has 0 aliphatic rings. The predicted molar refractivity (Wildman–Crippen MR) is 100 cm³/mol. The molecule has 5 heteroatoms. The number of fused-ring (bicyclic) bond motifs is 1. The maximum absolute atomic E-state index is 12.8. The molecule has 130 valence electrons. The summed E-state index contributed by atoms with van der Waals surface area (Å²) in [5.41, 5.74) is 3.25. The molecule has 0 atom stereocenters. The van der Waals surface area contributed by atoms with E-state index in [9.17, 15) is 15.0 Å². The highest BCUT2D eigenvalue weighted by molar-refractivity contribution is 6.13. The molecule has 5 nitrogen and oxygen atoms in total. The fourth-order valence-electron chi connectivity index (χ4n) is 3.01. The van der Waals surface area contributed by atoms with E-state index >= 15 is 0 Å². The summed E-state index contributed by atoms with van der Waals surface area (Å²) in [4.78, 5) is 16.2. The van der Waals surface area contributed by atoms with Crippen molar-refractivity contribution >= 4 is 22.8 Å². The van der Waals surface area contributed by atoms with Gasteiger partial charge >= 0.3 is 0 Å². The van der Waals surface area contributed by atoms with Gasteiger partial charge in [0, 0.05) is 34.8 Å². The second kappa shape index (κ2) is 6.96. The van der Waals surface area contributed by atoms with Crippen LogP contribution >= 0.6 is 0 Å². The highest BCUT2D eigenvalue weighted by atomic mass is 16.5. The van der Waals surface area contributed by atoms with E-state index in [-0.39, 0.29) is 16.8 Å². The molecular weight excluding hydrogens is 328 g/mol. The number of Topliss-reactive ketones (excluding diaryl/α,β-unsaturated/α-hetero) is 1. The first-order valence-corrected chi connectivity index (χ1v) is 8.08. The molecule has 0 saturated heterocycles. The van der Waals surface area contributed by atoms with Crippen molar-refractivity contribution in [3.05, 3.63) is 88.0 Å². The smallest absolute Gasteiger partial charge is 0.234 e. The Morgan fingerprint density at radius 2 is 1.92 bits per heavy atom. The van der Waals surface area contributed by atoms with Gasteiger partial charge in [-0.15, -0.1) is 0 Å². The number of hydrogen-bond acceptors (Lipinski definition) is 3. The summed E-state index contributed by atoms with van der Waals surface area (Å²) in [6.07, 6.45) is -0.0573. The number of carbonyl (C=O) groups is 1. The number of hydrogen-bond donors (Lipinski definition) is 2. The quantitative estimate of drug-likeness (QED) is 0.328. The molecule has 0 unspecified atom stereocenters. The van der Waals surface area contributed by atoms with Crippen molar-refractivity contribution in [2.75, 3.05) is 0 Å². The fraction of sp³-hybridized carbons (Fsp3) is 0.143. The van der Waals surface area contributed by atoms with Crippen molar-refractivity contribution in [2.24, 2.45) is 7.05 Å². The van der Waals surface area contributed by atoms with E-state index < -0.39 is 12.1 Å². The summed E-state index contributed by atoms with van der Waals surface area (Å²) in [5, 5.41) is 19.5. The molecule has 0 radical (unpaired) electrons. The molecule has 3 aromatic rings. The fourth-order valence-corrected chi connectivity index (χ4v) is 3.01. The van der Waals surface area contributed by atoms with Crippen LogP contribution in [-0.4, -0.2) is 20.6 Å². The van der Waals surface area contributed by atoms with Crippen molar-refractivity contribution in [2.45, 2.75) is 13.2 Å². The van der Waals surface area contributed by atoms with Crippen molar-refractivity contribution in [3.63, 3.8) is 0 Å². The van der Waals surface area contributed by atoms with Gasteiger partial charge in [0.2, 0.25) is 5.70 Å². The van der Waals surface area contributed by atoms with E-state index in [0.717, 1.165) is 22.2 Å². The molecule has 26 heavy (non-hydrogen) atoms. The van der Waals surface area contributed by atoms with Gasteiger partial charge in [0.1, 0.15) is 0 Å². The zero-order valence-electron chi connectivity index (χ0n) is 14.5. The van der Waals surface area contributed by atoms with Crippen LogP contribution in [0.3, 0.4) is 0 Å². The minimum absolute atomic E-state index is 0.0194. The molecule has 0 saturated carbocycles. The third-order valence-corrected chi connectivity index (χ3v) is 4.53. The van der Waals surface area contributed by atoms with Crippen LogP contribution in [-0.2, 0) is 7.05 Å². The molecule has 1 aromatic heterocycles. The second-order valence-corrected chi connectivity index (χ2v) is 6.04. The highest BCUT2D eigenvalue weighted by Gasteiger charge is 2.17. The van der Waals surface area contributed by atoms with Crippen LogP contribution in [0.5, 0.6) is 0 Å².